The third-order valence-electron chi connectivity index (χ3n) is 3.62. The monoisotopic (exact) mass is 382 g/mol. The lowest BCUT2D eigenvalue weighted by Gasteiger charge is -2.12. The number of amides is 1. The molecule has 0 unspecified atom stereocenters. The Kier molecular flexibility index (Phi) is 5.88. The number of hydrogen-bond acceptors (Lipinski definition) is 5. The highest BCUT2D eigenvalue weighted by Crippen LogP contribution is 2.26. The van der Waals surface area contributed by atoms with E-state index in [-0.39, 0.29) is 11.6 Å². The minimum Gasteiger partial charge on any atom is -0.492 e. The highest BCUT2D eigenvalue weighted by molar-refractivity contribution is 6.30. The van der Waals surface area contributed by atoms with Crippen LogP contribution in [0.1, 0.15) is 23.1 Å². The van der Waals surface area contributed by atoms with E-state index >= 15 is 0 Å². The number of nitrogens with one attached hydrogen (secondary N) is 2. The van der Waals surface area contributed by atoms with Gasteiger partial charge in [0.15, 0.2) is 0 Å². The fraction of sp³-hybridized carbons (Fsp3) is 0.150. The van der Waals surface area contributed by atoms with Crippen LogP contribution in [0.4, 0.5) is 17.3 Å². The van der Waals surface area contributed by atoms with Crippen molar-refractivity contribution >= 4 is 34.8 Å². The molecule has 0 bridgehead atoms. The Morgan fingerprint density at radius 2 is 1.85 bits per heavy atom. The van der Waals surface area contributed by atoms with Gasteiger partial charge in [-0.25, -0.2) is 9.97 Å². The summed E-state index contributed by atoms with van der Waals surface area (Å²) in [4.78, 5) is 21.2. The third-order valence-corrected chi connectivity index (χ3v) is 3.87. The second-order valence-electron chi connectivity index (χ2n) is 5.73. The zero-order valence-corrected chi connectivity index (χ0v) is 15.7. The Labute approximate surface area is 162 Å². The minimum absolute atomic E-state index is 0.258. The molecule has 1 heterocycles. The number of nitrogens with zero attached hydrogens (tertiary/aromatic N) is 2. The second-order valence-corrected chi connectivity index (χ2v) is 6.17. The highest BCUT2D eigenvalue weighted by atomic mass is 35.5. The molecule has 0 spiro atoms. The molecule has 0 aliphatic carbocycles. The van der Waals surface area contributed by atoms with Crippen molar-refractivity contribution in [3.8, 4) is 5.75 Å². The van der Waals surface area contributed by atoms with Gasteiger partial charge in [-0.3, -0.25) is 4.79 Å². The Bertz CT molecular complexity index is 945. The molecule has 27 heavy (non-hydrogen) atoms. The molecule has 0 fully saturated rings. The van der Waals surface area contributed by atoms with Crippen molar-refractivity contribution in [1.29, 1.82) is 0 Å². The summed E-state index contributed by atoms with van der Waals surface area (Å²) >= 11 is 5.87. The summed E-state index contributed by atoms with van der Waals surface area (Å²) in [7, 11) is 0. The van der Waals surface area contributed by atoms with Gasteiger partial charge in [-0.2, -0.15) is 0 Å². The number of carbonyl (C=O) groups is 1. The molecule has 1 amide bonds. The molecule has 138 valence electrons. The molecule has 3 rings (SSSR count). The normalized spacial score (nSPS) is 10.3. The van der Waals surface area contributed by atoms with Crippen LogP contribution in [0.5, 0.6) is 5.75 Å². The molecule has 0 aliphatic heterocycles. The van der Waals surface area contributed by atoms with Crippen molar-refractivity contribution in [2.45, 2.75) is 13.8 Å². The van der Waals surface area contributed by atoms with Gasteiger partial charge in [-0.15, -0.1) is 0 Å². The van der Waals surface area contributed by atoms with E-state index in [1.54, 1.807) is 37.3 Å². The summed E-state index contributed by atoms with van der Waals surface area (Å²) in [5, 5.41) is 6.52. The van der Waals surface area contributed by atoms with E-state index in [0.29, 0.717) is 34.7 Å². The Balaban J connectivity index is 1.82. The number of halogens is 1. The van der Waals surface area contributed by atoms with E-state index in [0.717, 1.165) is 5.69 Å². The summed E-state index contributed by atoms with van der Waals surface area (Å²) in [6.45, 7) is 4.27. The van der Waals surface area contributed by atoms with Crippen LogP contribution in [-0.4, -0.2) is 22.5 Å². The number of anilines is 3. The lowest BCUT2D eigenvalue weighted by molar-refractivity contribution is 0.102. The van der Waals surface area contributed by atoms with Gasteiger partial charge in [0.25, 0.3) is 5.91 Å². The summed E-state index contributed by atoms with van der Waals surface area (Å²) in [5.74, 6) is 0.685. The molecule has 0 saturated heterocycles. The first kappa shape index (κ1) is 18.7. The summed E-state index contributed by atoms with van der Waals surface area (Å²) in [6.07, 6.45) is 0. The van der Waals surface area contributed by atoms with E-state index in [1.165, 1.54) is 0 Å². The van der Waals surface area contributed by atoms with Crippen molar-refractivity contribution in [2.75, 3.05) is 17.2 Å². The lowest BCUT2D eigenvalue weighted by Crippen LogP contribution is -2.15. The van der Waals surface area contributed by atoms with E-state index in [4.69, 9.17) is 16.3 Å². The average Bonchev–Trinajstić information content (AvgIpc) is 2.65. The number of benzene rings is 2. The third kappa shape index (κ3) is 4.95. The summed E-state index contributed by atoms with van der Waals surface area (Å²) in [5.41, 5.74) is 2.29. The summed E-state index contributed by atoms with van der Waals surface area (Å²) < 4.78 is 5.60. The van der Waals surface area contributed by atoms with Gasteiger partial charge in [0.2, 0.25) is 5.95 Å². The number of rotatable bonds is 6. The van der Waals surface area contributed by atoms with Crippen LogP contribution in [0.15, 0.2) is 54.6 Å². The van der Waals surface area contributed by atoms with Crippen LogP contribution in [-0.2, 0) is 0 Å². The van der Waals surface area contributed by atoms with Crippen LogP contribution in [0.2, 0.25) is 5.02 Å². The SMILES string of the molecule is CCOc1ccccc1Nc1nc(C)cc(C(=O)Nc2ccc(Cl)cc2)n1. The number of hydrogen-bond donors (Lipinski definition) is 2. The number of para-hydroxylation sites is 2. The van der Waals surface area contributed by atoms with Gasteiger partial charge >= 0.3 is 0 Å². The first-order valence-electron chi connectivity index (χ1n) is 8.46. The fourth-order valence-electron chi connectivity index (χ4n) is 2.44. The van der Waals surface area contributed by atoms with Crippen LogP contribution in [0.3, 0.4) is 0 Å². The predicted octanol–water partition coefficient (Wildman–Crippen LogP) is 4.83. The van der Waals surface area contributed by atoms with Crippen molar-refractivity contribution < 1.29 is 9.53 Å². The van der Waals surface area contributed by atoms with Gasteiger partial charge in [-0.05, 0) is 56.3 Å². The topological polar surface area (TPSA) is 76.1 Å². The molecule has 2 N–H and O–H groups in total. The van der Waals surface area contributed by atoms with E-state index in [2.05, 4.69) is 20.6 Å². The Morgan fingerprint density at radius 1 is 1.11 bits per heavy atom. The number of aryl methyl sites for hydroxylation is 1. The fourth-order valence-corrected chi connectivity index (χ4v) is 2.57. The standard InChI is InChI=1S/C20H19ClN4O2/c1-3-27-18-7-5-4-6-16(18)24-20-22-13(2)12-17(25-20)19(26)23-15-10-8-14(21)9-11-15/h4-12H,3H2,1-2H3,(H,23,26)(H,22,24,25). The highest BCUT2D eigenvalue weighted by Gasteiger charge is 2.12. The molecule has 3 aromatic rings. The van der Waals surface area contributed by atoms with Gasteiger partial charge in [0.1, 0.15) is 11.4 Å². The number of aromatic nitrogens is 2. The molecule has 0 atom stereocenters. The van der Waals surface area contributed by atoms with Crippen LogP contribution in [0, 0.1) is 6.92 Å². The van der Waals surface area contributed by atoms with E-state index in [1.807, 2.05) is 31.2 Å². The van der Waals surface area contributed by atoms with Gasteiger partial charge in [0, 0.05) is 16.4 Å². The first-order valence-corrected chi connectivity index (χ1v) is 8.84. The van der Waals surface area contributed by atoms with E-state index in [9.17, 15) is 4.79 Å². The van der Waals surface area contributed by atoms with E-state index < -0.39 is 0 Å². The maximum Gasteiger partial charge on any atom is 0.274 e. The smallest absolute Gasteiger partial charge is 0.274 e. The largest absolute Gasteiger partial charge is 0.492 e. The maximum absolute atomic E-state index is 12.5. The van der Waals surface area contributed by atoms with Crippen molar-refractivity contribution in [1.82, 2.24) is 9.97 Å². The molecular formula is C20H19ClN4O2. The molecule has 1 aromatic heterocycles. The second kappa shape index (κ2) is 8.51. The first-order chi connectivity index (χ1) is 13.0. The van der Waals surface area contributed by atoms with Crippen molar-refractivity contribution in [3.05, 3.63) is 71.0 Å². The van der Waals surface area contributed by atoms with Gasteiger partial charge < -0.3 is 15.4 Å². The average molecular weight is 383 g/mol. The maximum atomic E-state index is 12.5. The lowest BCUT2D eigenvalue weighted by atomic mass is 10.2. The molecular weight excluding hydrogens is 364 g/mol. The number of carbonyl (C=O) groups excluding carboxylic acids is 1. The van der Waals surface area contributed by atoms with Gasteiger partial charge in [0.05, 0.1) is 12.3 Å². The zero-order chi connectivity index (χ0) is 19.2. The molecule has 6 nitrogen and oxygen atoms in total. The number of ether oxygens (including phenoxy) is 1. The Morgan fingerprint density at radius 3 is 2.59 bits per heavy atom. The van der Waals surface area contributed by atoms with Crippen molar-refractivity contribution in [3.63, 3.8) is 0 Å². The van der Waals surface area contributed by atoms with Crippen LogP contribution >= 0.6 is 11.6 Å². The predicted molar refractivity (Wildman–Crippen MR) is 107 cm³/mol. The molecule has 0 saturated carbocycles. The minimum atomic E-state index is -0.330. The molecule has 0 radical (unpaired) electrons. The zero-order valence-electron chi connectivity index (χ0n) is 15.0. The van der Waals surface area contributed by atoms with Crippen molar-refractivity contribution in [2.24, 2.45) is 0 Å². The van der Waals surface area contributed by atoms with Crippen LogP contribution in [0.25, 0.3) is 0 Å². The molecule has 0 aliphatic rings. The molecule has 7 heteroatoms. The summed E-state index contributed by atoms with van der Waals surface area (Å²) in [6, 6.07) is 16.0. The van der Waals surface area contributed by atoms with Crippen LogP contribution < -0.4 is 15.4 Å². The Hall–Kier alpha value is -3.12. The molecule has 2 aromatic carbocycles. The quantitative estimate of drug-likeness (QED) is 0.638. The van der Waals surface area contributed by atoms with Gasteiger partial charge in [-0.1, -0.05) is 23.7 Å².